The van der Waals surface area contributed by atoms with Crippen LogP contribution in [0, 0.1) is 18.8 Å². The molecule has 0 bridgehead atoms. The third-order valence-electron chi connectivity index (χ3n) is 6.84. The van der Waals surface area contributed by atoms with Crippen LogP contribution in [-0.4, -0.2) is 28.3 Å². The second kappa shape index (κ2) is 11.3. The summed E-state index contributed by atoms with van der Waals surface area (Å²) < 4.78 is 0. The van der Waals surface area contributed by atoms with Crippen LogP contribution in [-0.2, 0) is 16.0 Å². The zero-order chi connectivity index (χ0) is 24.8. The van der Waals surface area contributed by atoms with E-state index in [-0.39, 0.29) is 23.8 Å². The number of nitrogens with zero attached hydrogens (tertiary/aromatic N) is 1. The highest BCUT2D eigenvalue weighted by atomic mass is 16.2. The lowest BCUT2D eigenvalue weighted by Crippen LogP contribution is -2.37. The van der Waals surface area contributed by atoms with Crippen molar-refractivity contribution in [3.05, 3.63) is 71.7 Å². The van der Waals surface area contributed by atoms with Crippen LogP contribution in [0.25, 0.3) is 11.3 Å². The number of nitrogens with one attached hydrogen (secondary N) is 3. The van der Waals surface area contributed by atoms with Gasteiger partial charge in [0.2, 0.25) is 11.8 Å². The number of aryl methyl sites for hydroxylation is 1. The fraction of sp³-hybridized carbons (Fsp3) is 0.393. The van der Waals surface area contributed by atoms with Crippen molar-refractivity contribution in [1.29, 1.82) is 0 Å². The van der Waals surface area contributed by atoms with Crippen LogP contribution in [0.5, 0.6) is 0 Å². The number of benzene rings is 2. The first-order chi connectivity index (χ1) is 16.9. The molecule has 1 atom stereocenters. The van der Waals surface area contributed by atoms with Gasteiger partial charge in [0.25, 0.3) is 0 Å². The molecule has 1 unspecified atom stereocenters. The molecule has 1 fully saturated rings. The number of aromatic amines is 1. The van der Waals surface area contributed by atoms with E-state index < -0.39 is 0 Å². The lowest BCUT2D eigenvalue weighted by atomic mass is 9.81. The minimum atomic E-state index is -0.275. The second-order valence-corrected chi connectivity index (χ2v) is 9.56. The molecule has 35 heavy (non-hydrogen) atoms. The van der Waals surface area contributed by atoms with Crippen LogP contribution >= 0.6 is 0 Å². The van der Waals surface area contributed by atoms with E-state index in [1.165, 1.54) is 6.92 Å². The Labute approximate surface area is 206 Å². The molecule has 7 heteroatoms. The molecule has 1 aliphatic rings. The van der Waals surface area contributed by atoms with Crippen molar-refractivity contribution in [3.8, 4) is 11.3 Å². The summed E-state index contributed by atoms with van der Waals surface area (Å²) in [6.07, 6.45) is 4.41. The van der Waals surface area contributed by atoms with E-state index in [1.807, 2.05) is 49.4 Å². The summed E-state index contributed by atoms with van der Waals surface area (Å²) in [5.41, 5.74) is 10.3. The van der Waals surface area contributed by atoms with Gasteiger partial charge in [0, 0.05) is 29.8 Å². The topological polar surface area (TPSA) is 113 Å². The summed E-state index contributed by atoms with van der Waals surface area (Å²) >= 11 is 0. The maximum Gasteiger partial charge on any atom is 0.223 e. The molecular formula is C28H35N5O2. The number of amides is 2. The molecule has 5 N–H and O–H groups in total. The summed E-state index contributed by atoms with van der Waals surface area (Å²) in [6.45, 7) is 4.17. The highest BCUT2D eigenvalue weighted by Gasteiger charge is 2.28. The summed E-state index contributed by atoms with van der Waals surface area (Å²) in [6, 6.07) is 17.5. The number of nitrogens with two attached hydrogens (primary N) is 1. The second-order valence-electron chi connectivity index (χ2n) is 9.56. The molecule has 1 saturated carbocycles. The number of aromatic nitrogens is 2. The maximum absolute atomic E-state index is 13.3. The number of imidazole rings is 1. The number of hydrogen-bond donors (Lipinski definition) is 4. The first-order valence-electron chi connectivity index (χ1n) is 12.4. The Morgan fingerprint density at radius 3 is 2.51 bits per heavy atom. The lowest BCUT2D eigenvalue weighted by molar-refractivity contribution is -0.127. The fourth-order valence-electron chi connectivity index (χ4n) is 4.89. The van der Waals surface area contributed by atoms with Crippen molar-refractivity contribution in [3.63, 3.8) is 0 Å². The van der Waals surface area contributed by atoms with E-state index in [0.717, 1.165) is 59.7 Å². The number of anilines is 1. The SMILES string of the molecule is CC(=O)Nc1cccc(-c2nc(C(Cc3ccccc3)NC(=O)[C@H]3CC[C@H](CN)CC3)[nH]c2C)c1. The molecule has 0 saturated heterocycles. The maximum atomic E-state index is 13.3. The van der Waals surface area contributed by atoms with Gasteiger partial charge < -0.3 is 21.4 Å². The summed E-state index contributed by atoms with van der Waals surface area (Å²) in [4.78, 5) is 33.1. The quantitative estimate of drug-likeness (QED) is 0.385. The van der Waals surface area contributed by atoms with E-state index in [0.29, 0.717) is 18.9 Å². The van der Waals surface area contributed by atoms with Gasteiger partial charge in [-0.3, -0.25) is 9.59 Å². The van der Waals surface area contributed by atoms with Gasteiger partial charge in [0.05, 0.1) is 11.7 Å². The van der Waals surface area contributed by atoms with Gasteiger partial charge in [-0.2, -0.15) is 0 Å². The van der Waals surface area contributed by atoms with Crippen molar-refractivity contribution < 1.29 is 9.59 Å². The molecule has 0 spiro atoms. The standard InChI is InChI=1S/C28H35N5O2/c1-18-26(23-9-6-10-24(16-23)31-19(2)34)33-27(30-18)25(15-20-7-4-3-5-8-20)32-28(35)22-13-11-21(17-29)12-14-22/h3-10,16,21-22,25H,11-15,17,29H2,1-2H3,(H,30,33)(H,31,34)(H,32,35)/t21-,22-,25?. The van der Waals surface area contributed by atoms with Crippen LogP contribution in [0.15, 0.2) is 54.6 Å². The molecule has 0 aliphatic heterocycles. The van der Waals surface area contributed by atoms with Crippen LogP contribution in [0.1, 0.15) is 55.7 Å². The largest absolute Gasteiger partial charge is 0.346 e. The Hall–Kier alpha value is -3.45. The Morgan fingerprint density at radius 1 is 1.09 bits per heavy atom. The van der Waals surface area contributed by atoms with E-state index in [1.54, 1.807) is 0 Å². The van der Waals surface area contributed by atoms with Crippen molar-refractivity contribution in [1.82, 2.24) is 15.3 Å². The van der Waals surface area contributed by atoms with Crippen molar-refractivity contribution in [2.75, 3.05) is 11.9 Å². The molecule has 1 aromatic heterocycles. The number of hydrogen-bond acceptors (Lipinski definition) is 4. The molecule has 3 aromatic rings. The van der Waals surface area contributed by atoms with Gasteiger partial charge >= 0.3 is 0 Å². The predicted molar refractivity (Wildman–Crippen MR) is 139 cm³/mol. The highest BCUT2D eigenvalue weighted by molar-refractivity contribution is 5.89. The predicted octanol–water partition coefficient (Wildman–Crippen LogP) is 4.51. The molecule has 184 valence electrons. The molecule has 0 radical (unpaired) electrons. The Kier molecular flexibility index (Phi) is 7.98. The number of carbonyl (C=O) groups excluding carboxylic acids is 2. The third kappa shape index (κ3) is 6.36. The highest BCUT2D eigenvalue weighted by Crippen LogP contribution is 2.30. The fourth-order valence-corrected chi connectivity index (χ4v) is 4.89. The van der Waals surface area contributed by atoms with E-state index in [4.69, 9.17) is 10.7 Å². The molecule has 2 aromatic carbocycles. The van der Waals surface area contributed by atoms with Gasteiger partial charge in [0.15, 0.2) is 0 Å². The minimum Gasteiger partial charge on any atom is -0.346 e. The van der Waals surface area contributed by atoms with Gasteiger partial charge in [-0.05, 0) is 69.2 Å². The molecule has 1 aliphatic carbocycles. The monoisotopic (exact) mass is 473 g/mol. The number of H-pyrrole nitrogens is 1. The van der Waals surface area contributed by atoms with Gasteiger partial charge in [-0.1, -0.05) is 42.5 Å². The number of rotatable bonds is 8. The Balaban J connectivity index is 1.58. The van der Waals surface area contributed by atoms with E-state index >= 15 is 0 Å². The molecule has 2 amide bonds. The van der Waals surface area contributed by atoms with Gasteiger partial charge in [0.1, 0.15) is 5.82 Å². The minimum absolute atomic E-state index is 0.0148. The molecule has 4 rings (SSSR count). The van der Waals surface area contributed by atoms with Crippen LogP contribution in [0.3, 0.4) is 0 Å². The molecular weight excluding hydrogens is 438 g/mol. The average molecular weight is 474 g/mol. The average Bonchev–Trinajstić information content (AvgIpc) is 3.25. The van der Waals surface area contributed by atoms with Crippen LogP contribution in [0.4, 0.5) is 5.69 Å². The Morgan fingerprint density at radius 2 is 1.83 bits per heavy atom. The van der Waals surface area contributed by atoms with Gasteiger partial charge in [-0.25, -0.2) is 4.98 Å². The molecule has 7 nitrogen and oxygen atoms in total. The van der Waals surface area contributed by atoms with E-state index in [2.05, 4.69) is 27.8 Å². The summed E-state index contributed by atoms with van der Waals surface area (Å²) in [5, 5.41) is 6.12. The number of carbonyl (C=O) groups is 2. The first kappa shape index (κ1) is 24.7. The summed E-state index contributed by atoms with van der Waals surface area (Å²) in [7, 11) is 0. The van der Waals surface area contributed by atoms with Crippen molar-refractivity contribution >= 4 is 17.5 Å². The summed E-state index contributed by atoms with van der Waals surface area (Å²) in [5.74, 6) is 1.25. The Bertz CT molecular complexity index is 1150. The first-order valence-corrected chi connectivity index (χ1v) is 12.4. The normalized spacial score (nSPS) is 18.6. The van der Waals surface area contributed by atoms with Crippen molar-refractivity contribution in [2.24, 2.45) is 17.6 Å². The smallest absolute Gasteiger partial charge is 0.223 e. The molecule has 1 heterocycles. The lowest BCUT2D eigenvalue weighted by Gasteiger charge is -2.28. The van der Waals surface area contributed by atoms with E-state index in [9.17, 15) is 9.59 Å². The van der Waals surface area contributed by atoms with Crippen molar-refractivity contribution in [2.45, 2.75) is 52.0 Å². The van der Waals surface area contributed by atoms with Gasteiger partial charge in [-0.15, -0.1) is 0 Å². The van der Waals surface area contributed by atoms with Crippen LogP contribution < -0.4 is 16.4 Å². The zero-order valence-corrected chi connectivity index (χ0v) is 20.5. The zero-order valence-electron chi connectivity index (χ0n) is 20.5. The third-order valence-corrected chi connectivity index (χ3v) is 6.84. The van der Waals surface area contributed by atoms with Crippen LogP contribution in [0.2, 0.25) is 0 Å².